The first kappa shape index (κ1) is 16.4. The molecule has 0 radical (unpaired) electrons. The van der Waals surface area contributed by atoms with E-state index < -0.39 is 17.7 Å². The van der Waals surface area contributed by atoms with Crippen molar-refractivity contribution in [3.05, 3.63) is 40.2 Å². The fraction of sp³-hybridized carbons (Fsp3) is 0.333. The van der Waals surface area contributed by atoms with Crippen molar-refractivity contribution in [2.24, 2.45) is 16.1 Å². The molecule has 6 nitrogen and oxygen atoms in total. The molecule has 0 saturated carbocycles. The van der Waals surface area contributed by atoms with Gasteiger partial charge in [0.25, 0.3) is 0 Å². The molecule has 0 fully saturated rings. The molecule has 116 valence electrons. The number of nitrogens with zero attached hydrogens (tertiary/aromatic N) is 2. The number of aliphatic hydroxyl groups excluding tert-OH is 1. The molecule has 0 aliphatic heterocycles. The molecular weight excluding hydrogens is 352 g/mol. The SMILES string of the molecule is CCOC(=O)C1CC(=O)C(N=Nc2ccc(Br)cc2)=C(O)C1. The highest BCUT2D eigenvalue weighted by atomic mass is 79.9. The van der Waals surface area contributed by atoms with Crippen molar-refractivity contribution in [2.45, 2.75) is 19.8 Å². The maximum Gasteiger partial charge on any atom is 0.309 e. The highest BCUT2D eigenvalue weighted by Crippen LogP contribution is 2.28. The first-order valence-corrected chi connectivity index (χ1v) is 7.59. The van der Waals surface area contributed by atoms with Crippen molar-refractivity contribution in [1.82, 2.24) is 0 Å². The summed E-state index contributed by atoms with van der Waals surface area (Å²) in [4.78, 5) is 23.7. The summed E-state index contributed by atoms with van der Waals surface area (Å²) in [5.41, 5.74) is 0.465. The average Bonchev–Trinajstić information content (AvgIpc) is 2.48. The average molecular weight is 367 g/mol. The van der Waals surface area contributed by atoms with Gasteiger partial charge in [-0.15, -0.1) is 5.11 Å². The Balaban J connectivity index is 2.13. The standard InChI is InChI=1S/C15H15BrN2O4/c1-2-22-15(21)9-7-12(19)14(13(20)8-9)18-17-11-5-3-10(16)4-6-11/h3-6,9,19H,2,7-8H2,1H3. The van der Waals surface area contributed by atoms with E-state index in [1.54, 1.807) is 31.2 Å². The molecule has 0 saturated heterocycles. The largest absolute Gasteiger partial charge is 0.510 e. The third kappa shape index (κ3) is 4.00. The number of benzene rings is 1. The highest BCUT2D eigenvalue weighted by molar-refractivity contribution is 9.10. The summed E-state index contributed by atoms with van der Waals surface area (Å²) in [6.07, 6.45) is 0.0108. The Morgan fingerprint density at radius 2 is 2.00 bits per heavy atom. The van der Waals surface area contributed by atoms with Gasteiger partial charge in [-0.1, -0.05) is 15.9 Å². The predicted molar refractivity (Wildman–Crippen MR) is 82.7 cm³/mol. The maximum absolute atomic E-state index is 12.0. The van der Waals surface area contributed by atoms with Crippen LogP contribution < -0.4 is 0 Å². The van der Waals surface area contributed by atoms with E-state index in [-0.39, 0.29) is 30.9 Å². The van der Waals surface area contributed by atoms with E-state index in [1.807, 2.05) is 0 Å². The van der Waals surface area contributed by atoms with Gasteiger partial charge in [0.15, 0.2) is 11.5 Å². The van der Waals surface area contributed by atoms with E-state index in [1.165, 1.54) is 0 Å². The monoisotopic (exact) mass is 366 g/mol. The van der Waals surface area contributed by atoms with Crippen LogP contribution in [0.2, 0.25) is 0 Å². The van der Waals surface area contributed by atoms with E-state index in [0.717, 1.165) is 4.47 Å². The van der Waals surface area contributed by atoms with Gasteiger partial charge in [-0.05, 0) is 31.2 Å². The zero-order chi connectivity index (χ0) is 16.1. The zero-order valence-corrected chi connectivity index (χ0v) is 13.5. The van der Waals surface area contributed by atoms with Crippen LogP contribution in [0.15, 0.2) is 50.4 Å². The summed E-state index contributed by atoms with van der Waals surface area (Å²) in [5, 5.41) is 17.7. The molecular formula is C15H15BrN2O4. The molecule has 2 rings (SSSR count). The number of rotatable bonds is 4. The van der Waals surface area contributed by atoms with Crippen LogP contribution >= 0.6 is 15.9 Å². The van der Waals surface area contributed by atoms with E-state index in [2.05, 4.69) is 26.2 Å². The van der Waals surface area contributed by atoms with Crippen LogP contribution in [0, 0.1) is 5.92 Å². The van der Waals surface area contributed by atoms with Gasteiger partial charge in [0, 0.05) is 17.3 Å². The maximum atomic E-state index is 12.0. The smallest absolute Gasteiger partial charge is 0.309 e. The minimum Gasteiger partial charge on any atom is -0.510 e. The number of ketones is 1. The highest BCUT2D eigenvalue weighted by Gasteiger charge is 2.33. The number of ether oxygens (including phenoxy) is 1. The van der Waals surface area contributed by atoms with Crippen LogP contribution in [0.4, 0.5) is 5.69 Å². The van der Waals surface area contributed by atoms with E-state index in [4.69, 9.17) is 4.74 Å². The number of aliphatic hydroxyl groups is 1. The summed E-state index contributed by atoms with van der Waals surface area (Å²) in [6, 6.07) is 7.03. The van der Waals surface area contributed by atoms with E-state index in [9.17, 15) is 14.7 Å². The minimum atomic E-state index is -0.654. The zero-order valence-electron chi connectivity index (χ0n) is 12.0. The van der Waals surface area contributed by atoms with Crippen molar-refractivity contribution in [1.29, 1.82) is 0 Å². The van der Waals surface area contributed by atoms with Gasteiger partial charge in [0.05, 0.1) is 18.2 Å². The second kappa shape index (κ2) is 7.31. The summed E-state index contributed by atoms with van der Waals surface area (Å²) >= 11 is 3.31. The van der Waals surface area contributed by atoms with Crippen molar-refractivity contribution < 1.29 is 19.4 Å². The number of esters is 1. The number of carbonyl (C=O) groups excluding carboxylic acids is 2. The van der Waals surface area contributed by atoms with Crippen LogP contribution in [0.25, 0.3) is 0 Å². The third-order valence-corrected chi connectivity index (χ3v) is 3.65. The molecule has 0 heterocycles. The van der Waals surface area contributed by atoms with Gasteiger partial charge in [-0.25, -0.2) is 0 Å². The number of halogens is 1. The molecule has 7 heteroatoms. The normalized spacial score (nSPS) is 18.8. The summed E-state index contributed by atoms with van der Waals surface area (Å²) in [5.74, 6) is -1.77. The van der Waals surface area contributed by atoms with Crippen LogP contribution in [0.1, 0.15) is 19.8 Å². The number of hydrogen-bond acceptors (Lipinski definition) is 6. The Labute approximate surface area is 136 Å². The Hall–Kier alpha value is -2.02. The van der Waals surface area contributed by atoms with Crippen LogP contribution in [-0.2, 0) is 14.3 Å². The molecule has 1 aromatic carbocycles. The number of azo groups is 1. The van der Waals surface area contributed by atoms with Crippen LogP contribution in [-0.4, -0.2) is 23.5 Å². The second-order valence-corrected chi connectivity index (χ2v) is 5.67. The van der Waals surface area contributed by atoms with Crippen LogP contribution in [0.3, 0.4) is 0 Å². The van der Waals surface area contributed by atoms with Crippen molar-refractivity contribution in [3.63, 3.8) is 0 Å². The Bertz CT molecular complexity index is 637. The fourth-order valence-corrected chi connectivity index (χ4v) is 2.30. The number of allylic oxidation sites excluding steroid dienone is 2. The van der Waals surface area contributed by atoms with Gasteiger partial charge >= 0.3 is 5.97 Å². The summed E-state index contributed by atoms with van der Waals surface area (Å²) < 4.78 is 5.77. The number of Topliss-reactive ketones (excluding diaryl/α,β-unsaturated/α-hetero) is 1. The Kier molecular flexibility index (Phi) is 5.43. The van der Waals surface area contributed by atoms with Gasteiger partial charge in [-0.2, -0.15) is 5.11 Å². The molecule has 0 bridgehead atoms. The van der Waals surface area contributed by atoms with Crippen molar-refractivity contribution in [3.8, 4) is 0 Å². The molecule has 1 atom stereocenters. The molecule has 0 spiro atoms. The molecule has 1 aliphatic carbocycles. The summed E-state index contributed by atoms with van der Waals surface area (Å²) in [6.45, 7) is 1.93. The number of carbonyl (C=O) groups is 2. The van der Waals surface area contributed by atoms with Crippen LogP contribution in [0.5, 0.6) is 0 Å². The lowest BCUT2D eigenvalue weighted by Gasteiger charge is -2.19. The van der Waals surface area contributed by atoms with Gasteiger partial charge < -0.3 is 9.84 Å². The molecule has 1 unspecified atom stereocenters. The fourth-order valence-electron chi connectivity index (χ4n) is 2.04. The Morgan fingerprint density at radius 3 is 2.59 bits per heavy atom. The molecule has 1 N–H and O–H groups in total. The quantitative estimate of drug-likeness (QED) is 0.647. The van der Waals surface area contributed by atoms with Gasteiger partial charge in [0.2, 0.25) is 0 Å². The third-order valence-electron chi connectivity index (χ3n) is 3.12. The van der Waals surface area contributed by atoms with E-state index in [0.29, 0.717) is 5.69 Å². The Morgan fingerprint density at radius 1 is 1.32 bits per heavy atom. The topological polar surface area (TPSA) is 88.3 Å². The predicted octanol–water partition coefficient (Wildman–Crippen LogP) is 3.84. The first-order chi connectivity index (χ1) is 10.5. The summed E-state index contributed by atoms with van der Waals surface area (Å²) in [7, 11) is 0. The number of hydrogen-bond donors (Lipinski definition) is 1. The minimum absolute atomic E-state index is 0.0302. The van der Waals surface area contributed by atoms with Crippen molar-refractivity contribution >= 4 is 33.4 Å². The first-order valence-electron chi connectivity index (χ1n) is 6.80. The molecule has 1 aliphatic rings. The van der Waals surface area contributed by atoms with E-state index >= 15 is 0 Å². The molecule has 0 amide bonds. The lowest BCUT2D eigenvalue weighted by atomic mass is 9.90. The second-order valence-electron chi connectivity index (χ2n) is 4.75. The molecule has 0 aromatic heterocycles. The van der Waals surface area contributed by atoms with Gasteiger partial charge in [-0.3, -0.25) is 9.59 Å². The lowest BCUT2D eigenvalue weighted by Crippen LogP contribution is -2.26. The van der Waals surface area contributed by atoms with Crippen molar-refractivity contribution in [2.75, 3.05) is 6.61 Å². The molecule has 1 aromatic rings. The molecule has 22 heavy (non-hydrogen) atoms. The lowest BCUT2D eigenvalue weighted by molar-refractivity contribution is -0.150. The van der Waals surface area contributed by atoms with Gasteiger partial charge in [0.1, 0.15) is 5.76 Å².